The molecule has 0 unspecified atom stereocenters. The molecule has 4 nitrogen and oxygen atoms in total. The zero-order valence-electron chi connectivity index (χ0n) is 12.5. The van der Waals surface area contributed by atoms with Gasteiger partial charge in [0.2, 0.25) is 0 Å². The Bertz CT molecular complexity index is 669. The molecule has 0 bridgehead atoms. The number of phenolic OH excluding ortho intramolecular Hbond substituents is 1. The molecule has 0 fully saturated rings. The van der Waals surface area contributed by atoms with E-state index in [1.807, 2.05) is 20.8 Å². The van der Waals surface area contributed by atoms with Crippen LogP contribution in [0.3, 0.4) is 0 Å². The minimum atomic E-state index is -2.55. The fourth-order valence-corrected chi connectivity index (χ4v) is 2.87. The second-order valence-corrected chi connectivity index (χ2v) is 5.92. The molecule has 0 saturated carbocycles. The number of thioether (sulfide) groups is 1. The number of hydrogen-bond acceptors (Lipinski definition) is 4. The summed E-state index contributed by atoms with van der Waals surface area (Å²) in [6.45, 7) is 7.49. The van der Waals surface area contributed by atoms with Crippen molar-refractivity contribution in [3.8, 4) is 17.1 Å². The van der Waals surface area contributed by atoms with E-state index in [2.05, 4.69) is 10.2 Å². The van der Waals surface area contributed by atoms with Crippen molar-refractivity contribution in [2.24, 2.45) is 7.05 Å². The quantitative estimate of drug-likeness (QED) is 0.877. The Kier molecular flexibility index (Phi) is 4.22. The SMILES string of the molecule is Cc1c(C)c(O)c(C)c(-c2nnc(SC(F)F)n2C)c1C. The summed E-state index contributed by atoms with van der Waals surface area (Å²) in [5.74, 6) is -1.86. The van der Waals surface area contributed by atoms with Gasteiger partial charge in [0.1, 0.15) is 5.75 Å². The van der Waals surface area contributed by atoms with Gasteiger partial charge in [0.05, 0.1) is 0 Å². The first-order valence-electron chi connectivity index (χ1n) is 6.39. The molecular weight excluding hydrogens is 296 g/mol. The van der Waals surface area contributed by atoms with Crippen LogP contribution in [0.1, 0.15) is 22.3 Å². The van der Waals surface area contributed by atoms with Gasteiger partial charge in [0.25, 0.3) is 5.76 Å². The van der Waals surface area contributed by atoms with Crippen molar-refractivity contribution in [2.75, 3.05) is 0 Å². The molecule has 1 heterocycles. The summed E-state index contributed by atoms with van der Waals surface area (Å²) in [6, 6.07) is 0. The average molecular weight is 313 g/mol. The van der Waals surface area contributed by atoms with Crippen LogP contribution in [0.2, 0.25) is 0 Å². The van der Waals surface area contributed by atoms with E-state index in [1.54, 1.807) is 14.0 Å². The summed E-state index contributed by atoms with van der Waals surface area (Å²) in [5.41, 5.74) is 4.16. The monoisotopic (exact) mass is 313 g/mol. The third kappa shape index (κ3) is 2.62. The third-order valence-corrected chi connectivity index (χ3v) is 4.58. The number of benzene rings is 1. The molecule has 21 heavy (non-hydrogen) atoms. The van der Waals surface area contributed by atoms with Crippen LogP contribution in [-0.4, -0.2) is 25.6 Å². The topological polar surface area (TPSA) is 50.9 Å². The molecule has 1 aromatic heterocycles. The van der Waals surface area contributed by atoms with Crippen LogP contribution in [-0.2, 0) is 7.05 Å². The van der Waals surface area contributed by atoms with Crippen molar-refractivity contribution in [1.29, 1.82) is 0 Å². The second kappa shape index (κ2) is 5.63. The highest BCUT2D eigenvalue weighted by Crippen LogP contribution is 2.38. The van der Waals surface area contributed by atoms with Gasteiger partial charge < -0.3 is 9.67 Å². The standard InChI is InChI=1S/C14H17F2N3OS/c1-6-7(2)10(9(4)11(20)8(6)3)12-17-18-14(19(12)5)21-13(15)16/h13,20H,1-5H3. The highest BCUT2D eigenvalue weighted by atomic mass is 32.2. The van der Waals surface area contributed by atoms with Gasteiger partial charge in [-0.3, -0.25) is 0 Å². The summed E-state index contributed by atoms with van der Waals surface area (Å²) in [6.07, 6.45) is 0. The second-order valence-electron chi connectivity index (χ2n) is 4.97. The van der Waals surface area contributed by atoms with E-state index < -0.39 is 5.76 Å². The highest BCUT2D eigenvalue weighted by molar-refractivity contribution is 7.99. The Morgan fingerprint density at radius 3 is 2.19 bits per heavy atom. The number of hydrogen-bond donors (Lipinski definition) is 1. The van der Waals surface area contributed by atoms with Crippen LogP contribution in [0.5, 0.6) is 5.75 Å². The minimum absolute atomic E-state index is 0.150. The summed E-state index contributed by atoms with van der Waals surface area (Å²) in [4.78, 5) is 0. The van der Waals surface area contributed by atoms with Crippen molar-refractivity contribution in [1.82, 2.24) is 14.8 Å². The molecule has 0 aliphatic heterocycles. The van der Waals surface area contributed by atoms with Crippen LogP contribution in [0.15, 0.2) is 5.16 Å². The fraction of sp³-hybridized carbons (Fsp3) is 0.429. The number of alkyl halides is 2. The minimum Gasteiger partial charge on any atom is -0.507 e. The summed E-state index contributed by atoms with van der Waals surface area (Å²) >= 11 is 0.357. The summed E-state index contributed by atoms with van der Waals surface area (Å²) in [5, 5.41) is 18.2. The van der Waals surface area contributed by atoms with Gasteiger partial charge >= 0.3 is 0 Å². The van der Waals surface area contributed by atoms with Crippen molar-refractivity contribution in [3.63, 3.8) is 0 Å². The molecule has 2 aromatic rings. The zero-order valence-corrected chi connectivity index (χ0v) is 13.3. The average Bonchev–Trinajstić information content (AvgIpc) is 2.76. The first-order chi connectivity index (χ1) is 9.75. The zero-order chi connectivity index (χ0) is 15.9. The summed E-state index contributed by atoms with van der Waals surface area (Å²) < 4.78 is 26.5. The third-order valence-electron chi connectivity index (χ3n) is 3.84. The molecule has 2 rings (SSSR count). The van der Waals surface area contributed by atoms with E-state index in [9.17, 15) is 13.9 Å². The number of halogens is 2. The van der Waals surface area contributed by atoms with E-state index in [0.29, 0.717) is 23.1 Å². The molecule has 7 heteroatoms. The lowest BCUT2D eigenvalue weighted by atomic mass is 9.92. The number of aromatic nitrogens is 3. The molecule has 0 aliphatic carbocycles. The molecular formula is C14H17F2N3OS. The molecule has 0 radical (unpaired) electrons. The Morgan fingerprint density at radius 2 is 1.62 bits per heavy atom. The van der Waals surface area contributed by atoms with Crippen molar-refractivity contribution < 1.29 is 13.9 Å². The molecule has 0 spiro atoms. The van der Waals surface area contributed by atoms with Gasteiger partial charge in [-0.1, -0.05) is 0 Å². The Hall–Kier alpha value is -1.63. The molecule has 1 aromatic carbocycles. The maximum absolute atomic E-state index is 12.5. The predicted molar refractivity (Wildman–Crippen MR) is 78.9 cm³/mol. The first kappa shape index (κ1) is 15.8. The van der Waals surface area contributed by atoms with Gasteiger partial charge in [0.15, 0.2) is 11.0 Å². The number of nitrogens with zero attached hydrogens (tertiary/aromatic N) is 3. The first-order valence-corrected chi connectivity index (χ1v) is 7.27. The van der Waals surface area contributed by atoms with Crippen molar-refractivity contribution >= 4 is 11.8 Å². The Balaban J connectivity index is 2.66. The van der Waals surface area contributed by atoms with Gasteiger partial charge in [0, 0.05) is 18.2 Å². The normalized spacial score (nSPS) is 11.4. The maximum atomic E-state index is 12.5. The van der Waals surface area contributed by atoms with Gasteiger partial charge in [-0.2, -0.15) is 8.78 Å². The van der Waals surface area contributed by atoms with Gasteiger partial charge in [-0.25, -0.2) is 0 Å². The number of aromatic hydroxyl groups is 1. The largest absolute Gasteiger partial charge is 0.507 e. The van der Waals surface area contributed by atoms with E-state index in [0.717, 1.165) is 22.3 Å². The highest BCUT2D eigenvalue weighted by Gasteiger charge is 2.21. The van der Waals surface area contributed by atoms with Crippen LogP contribution in [0, 0.1) is 27.7 Å². The van der Waals surface area contributed by atoms with Crippen LogP contribution < -0.4 is 0 Å². The van der Waals surface area contributed by atoms with E-state index in [1.165, 1.54) is 4.57 Å². The maximum Gasteiger partial charge on any atom is 0.291 e. The summed E-state index contributed by atoms with van der Waals surface area (Å²) in [7, 11) is 1.64. The number of phenols is 1. The molecule has 0 saturated heterocycles. The molecule has 0 amide bonds. The van der Waals surface area contributed by atoms with Crippen molar-refractivity contribution in [2.45, 2.75) is 38.6 Å². The van der Waals surface area contributed by atoms with Crippen LogP contribution >= 0.6 is 11.8 Å². The van der Waals surface area contributed by atoms with E-state index >= 15 is 0 Å². The Morgan fingerprint density at radius 1 is 1.00 bits per heavy atom. The van der Waals surface area contributed by atoms with Crippen LogP contribution in [0.4, 0.5) is 8.78 Å². The molecule has 114 valence electrons. The Labute approximate surface area is 126 Å². The lowest BCUT2D eigenvalue weighted by Crippen LogP contribution is -2.02. The van der Waals surface area contributed by atoms with Crippen molar-refractivity contribution in [3.05, 3.63) is 22.3 Å². The molecule has 0 aliphatic rings. The lowest BCUT2D eigenvalue weighted by molar-refractivity contribution is 0.251. The molecule has 1 N–H and O–H groups in total. The predicted octanol–water partition coefficient (Wildman–Crippen LogP) is 3.74. The smallest absolute Gasteiger partial charge is 0.291 e. The van der Waals surface area contributed by atoms with E-state index in [4.69, 9.17) is 0 Å². The number of rotatable bonds is 3. The fourth-order valence-electron chi connectivity index (χ4n) is 2.38. The van der Waals surface area contributed by atoms with E-state index in [-0.39, 0.29) is 10.9 Å². The van der Waals surface area contributed by atoms with Gasteiger partial charge in [-0.05, 0) is 56.1 Å². The lowest BCUT2D eigenvalue weighted by Gasteiger charge is -2.16. The van der Waals surface area contributed by atoms with Gasteiger partial charge in [-0.15, -0.1) is 10.2 Å². The van der Waals surface area contributed by atoms with Crippen LogP contribution in [0.25, 0.3) is 11.4 Å². The molecule has 0 atom stereocenters.